The first-order valence-corrected chi connectivity index (χ1v) is 8.70. The van der Waals surface area contributed by atoms with E-state index in [1.54, 1.807) is 6.07 Å². The van der Waals surface area contributed by atoms with E-state index in [0.29, 0.717) is 24.3 Å². The molecular weight excluding hydrogens is 355 g/mol. The third-order valence-corrected chi connectivity index (χ3v) is 4.88. The minimum Gasteiger partial charge on any atom is -0.367 e. The standard InChI is InChI=1S/C17H17FN6O3/c18-13-7-11-14(8-15(13)23-5-3-20-4-6-23)24(10-1-2-10)9-12(16(11)25)17(26)27-22-21-19/h7-10,20H,1-6H2. The van der Waals surface area contributed by atoms with Gasteiger partial charge in [0.15, 0.2) is 0 Å². The Morgan fingerprint density at radius 3 is 2.74 bits per heavy atom. The highest BCUT2D eigenvalue weighted by Gasteiger charge is 2.28. The van der Waals surface area contributed by atoms with E-state index in [1.165, 1.54) is 12.3 Å². The molecule has 0 bridgehead atoms. The van der Waals surface area contributed by atoms with Crippen molar-refractivity contribution in [3.63, 3.8) is 0 Å². The smallest absolute Gasteiger partial charge is 0.355 e. The lowest BCUT2D eigenvalue weighted by Gasteiger charge is -2.30. The van der Waals surface area contributed by atoms with Gasteiger partial charge in [0.1, 0.15) is 16.7 Å². The van der Waals surface area contributed by atoms with Crippen molar-refractivity contribution in [3.8, 4) is 0 Å². The Kier molecular flexibility index (Phi) is 4.43. The van der Waals surface area contributed by atoms with Gasteiger partial charge in [0.2, 0.25) is 5.43 Å². The molecule has 140 valence electrons. The predicted molar refractivity (Wildman–Crippen MR) is 96.1 cm³/mol. The zero-order valence-corrected chi connectivity index (χ0v) is 14.4. The summed E-state index contributed by atoms with van der Waals surface area (Å²) in [5.74, 6) is -1.56. The summed E-state index contributed by atoms with van der Waals surface area (Å²) in [5.41, 5.74) is 8.38. The zero-order valence-electron chi connectivity index (χ0n) is 14.4. The van der Waals surface area contributed by atoms with E-state index in [4.69, 9.17) is 5.53 Å². The Labute approximate surface area is 152 Å². The Hall–Kier alpha value is -3.10. The lowest BCUT2D eigenvalue weighted by Crippen LogP contribution is -2.43. The molecule has 4 rings (SSSR count). The molecule has 0 radical (unpaired) electrons. The van der Waals surface area contributed by atoms with Crippen molar-refractivity contribution in [2.45, 2.75) is 18.9 Å². The van der Waals surface area contributed by atoms with Crippen molar-refractivity contribution >= 4 is 22.6 Å². The van der Waals surface area contributed by atoms with Gasteiger partial charge in [0, 0.05) is 48.7 Å². The second-order valence-electron chi connectivity index (χ2n) is 6.62. The fourth-order valence-corrected chi connectivity index (χ4v) is 3.41. The maximum absolute atomic E-state index is 14.8. The number of fused-ring (bicyclic) bond motifs is 1. The molecule has 0 unspecified atom stereocenters. The number of pyridine rings is 1. The Morgan fingerprint density at radius 2 is 2.07 bits per heavy atom. The molecule has 0 atom stereocenters. The summed E-state index contributed by atoms with van der Waals surface area (Å²) in [7, 11) is 0. The summed E-state index contributed by atoms with van der Waals surface area (Å²) in [6, 6.07) is 3.00. The average Bonchev–Trinajstić information content (AvgIpc) is 3.52. The summed E-state index contributed by atoms with van der Waals surface area (Å²) in [6.07, 6.45) is 3.23. The van der Waals surface area contributed by atoms with Crippen LogP contribution in [0.5, 0.6) is 0 Å². The molecule has 2 fully saturated rings. The van der Waals surface area contributed by atoms with Gasteiger partial charge in [-0.15, -0.1) is 0 Å². The van der Waals surface area contributed by atoms with Crippen LogP contribution in [0.2, 0.25) is 0 Å². The number of aromatic nitrogens is 1. The van der Waals surface area contributed by atoms with E-state index in [-0.39, 0.29) is 17.0 Å². The van der Waals surface area contributed by atoms with E-state index < -0.39 is 17.2 Å². The molecule has 1 aromatic heterocycles. The molecule has 27 heavy (non-hydrogen) atoms. The number of azide groups is 1. The summed E-state index contributed by atoms with van der Waals surface area (Å²) < 4.78 is 16.6. The van der Waals surface area contributed by atoms with Crippen LogP contribution in [-0.2, 0) is 4.84 Å². The van der Waals surface area contributed by atoms with Gasteiger partial charge < -0.3 is 19.6 Å². The van der Waals surface area contributed by atoms with E-state index in [2.05, 4.69) is 20.3 Å². The second-order valence-corrected chi connectivity index (χ2v) is 6.62. The molecule has 2 aliphatic rings. The molecule has 1 N–H and O–H groups in total. The minimum atomic E-state index is -1.05. The van der Waals surface area contributed by atoms with Gasteiger partial charge in [-0.2, -0.15) is 0 Å². The van der Waals surface area contributed by atoms with E-state index >= 15 is 0 Å². The van der Waals surface area contributed by atoms with Crippen molar-refractivity contribution in [1.29, 1.82) is 0 Å². The van der Waals surface area contributed by atoms with Crippen LogP contribution < -0.4 is 15.6 Å². The number of nitrogens with zero attached hydrogens (tertiary/aromatic N) is 5. The van der Waals surface area contributed by atoms with Gasteiger partial charge in [0.25, 0.3) is 0 Å². The largest absolute Gasteiger partial charge is 0.367 e. The maximum atomic E-state index is 14.8. The molecular formula is C17H17FN6O3. The van der Waals surface area contributed by atoms with Crippen molar-refractivity contribution in [3.05, 3.63) is 50.4 Å². The highest BCUT2D eigenvalue weighted by molar-refractivity contribution is 5.94. The Balaban J connectivity index is 1.88. The molecule has 1 saturated carbocycles. The number of carbonyl (C=O) groups excluding carboxylic acids is 1. The molecule has 0 amide bonds. The van der Waals surface area contributed by atoms with Crippen LogP contribution in [0.25, 0.3) is 21.3 Å². The van der Waals surface area contributed by atoms with Crippen LogP contribution >= 0.6 is 0 Å². The van der Waals surface area contributed by atoms with E-state index in [1.807, 2.05) is 9.47 Å². The van der Waals surface area contributed by atoms with Crippen LogP contribution in [0.1, 0.15) is 29.2 Å². The molecule has 1 saturated heterocycles. The summed E-state index contributed by atoms with van der Waals surface area (Å²) >= 11 is 0. The van der Waals surface area contributed by atoms with E-state index in [0.717, 1.165) is 25.9 Å². The number of piperazine rings is 1. The van der Waals surface area contributed by atoms with Crippen molar-refractivity contribution < 1.29 is 14.0 Å². The average molecular weight is 372 g/mol. The van der Waals surface area contributed by atoms with Gasteiger partial charge in [-0.3, -0.25) is 4.79 Å². The quantitative estimate of drug-likeness (QED) is 0.383. The molecule has 1 aliphatic heterocycles. The number of carbonyl (C=O) groups is 1. The molecule has 0 spiro atoms. The lowest BCUT2D eigenvalue weighted by molar-refractivity contribution is 0.0504. The van der Waals surface area contributed by atoms with Gasteiger partial charge in [-0.25, -0.2) is 9.18 Å². The molecule has 9 nitrogen and oxygen atoms in total. The zero-order chi connectivity index (χ0) is 19.0. The fraction of sp³-hybridized carbons (Fsp3) is 0.412. The monoisotopic (exact) mass is 372 g/mol. The number of hydrogen-bond acceptors (Lipinski definition) is 6. The molecule has 2 aromatic rings. The molecule has 10 heteroatoms. The normalized spacial score (nSPS) is 16.9. The van der Waals surface area contributed by atoms with Crippen LogP contribution in [0.15, 0.2) is 28.4 Å². The Bertz CT molecular complexity index is 1020. The third kappa shape index (κ3) is 3.20. The van der Waals surface area contributed by atoms with Crippen molar-refractivity contribution in [1.82, 2.24) is 9.88 Å². The number of benzene rings is 1. The minimum absolute atomic E-state index is 0.105. The Morgan fingerprint density at radius 1 is 1.33 bits per heavy atom. The third-order valence-electron chi connectivity index (χ3n) is 4.88. The SMILES string of the molecule is [N-]=[N+]=NOC(=O)c1cn(C2CC2)c2cc(N3CCNCC3)c(F)cc2c1=O. The topological polar surface area (TPSA) is 112 Å². The molecule has 1 aromatic carbocycles. The van der Waals surface area contributed by atoms with Gasteiger partial charge in [-0.05, 0) is 30.5 Å². The van der Waals surface area contributed by atoms with Crippen LogP contribution in [0.3, 0.4) is 0 Å². The van der Waals surface area contributed by atoms with Gasteiger partial charge in [-0.1, -0.05) is 0 Å². The first-order valence-electron chi connectivity index (χ1n) is 8.70. The van der Waals surface area contributed by atoms with Crippen LogP contribution in [0.4, 0.5) is 10.1 Å². The number of anilines is 1. The first kappa shape index (κ1) is 17.3. The van der Waals surface area contributed by atoms with E-state index in [9.17, 15) is 14.0 Å². The fourth-order valence-electron chi connectivity index (χ4n) is 3.41. The highest BCUT2D eigenvalue weighted by Crippen LogP contribution is 2.38. The summed E-state index contributed by atoms with van der Waals surface area (Å²) in [6.45, 7) is 2.87. The lowest BCUT2D eigenvalue weighted by atomic mass is 10.1. The number of hydrogen-bond donors (Lipinski definition) is 1. The van der Waals surface area contributed by atoms with Crippen molar-refractivity contribution in [2.75, 3.05) is 31.1 Å². The van der Waals surface area contributed by atoms with Gasteiger partial charge in [0.05, 0.1) is 11.2 Å². The van der Waals surface area contributed by atoms with Crippen LogP contribution in [0, 0.1) is 5.82 Å². The number of nitrogens with one attached hydrogen (secondary N) is 1. The number of halogens is 1. The van der Waals surface area contributed by atoms with Gasteiger partial charge >= 0.3 is 5.97 Å². The summed E-state index contributed by atoms with van der Waals surface area (Å²) in [5, 5.41) is 6.08. The maximum Gasteiger partial charge on any atom is 0.355 e. The molecule has 1 aliphatic carbocycles. The predicted octanol–water partition coefficient (Wildman–Crippen LogP) is 2.27. The first-order chi connectivity index (χ1) is 13.1. The molecule has 2 heterocycles. The highest BCUT2D eigenvalue weighted by atomic mass is 19.1. The second kappa shape index (κ2) is 6.90. The number of rotatable bonds is 4. The van der Waals surface area contributed by atoms with Crippen molar-refractivity contribution in [2.24, 2.45) is 5.28 Å². The summed E-state index contributed by atoms with van der Waals surface area (Å²) in [4.78, 5) is 33.4. The van der Waals surface area contributed by atoms with Crippen LogP contribution in [-0.4, -0.2) is 36.7 Å².